The SMILES string of the molecule is CC/C=C/C/C=C/C=C/C(O)CCCCCCCC(=O)OC[C@H](COP(=O)(O)OCCN)OC(=O)CCCCCCCCc1oc(CCC)c(C)c1C. The molecule has 1 rings (SSSR count). The van der Waals surface area contributed by atoms with Crippen LogP contribution >= 0.6 is 7.82 Å². The topological polar surface area (TPSA) is 168 Å². The highest BCUT2D eigenvalue weighted by molar-refractivity contribution is 7.47. The van der Waals surface area contributed by atoms with Crippen molar-refractivity contribution >= 4 is 19.8 Å². The highest BCUT2D eigenvalue weighted by Crippen LogP contribution is 2.43. The highest BCUT2D eigenvalue weighted by atomic mass is 31.2. The van der Waals surface area contributed by atoms with E-state index in [-0.39, 0.29) is 32.6 Å². The number of hydrogen-bond acceptors (Lipinski definition) is 10. The Kier molecular flexibility index (Phi) is 28.1. The summed E-state index contributed by atoms with van der Waals surface area (Å²) in [5.41, 5.74) is 7.89. The molecule has 0 amide bonds. The molecule has 0 aromatic carbocycles. The van der Waals surface area contributed by atoms with E-state index in [1.54, 1.807) is 6.08 Å². The standard InChI is InChI=1S/C41H70NO10P/c1-5-7-8-9-10-14-19-25-36(43)26-20-15-13-18-22-28-40(44)48-32-37(33-50-53(46,47)49-31-30-42)51-41(45)29-23-17-12-11-16-21-27-39-35(4)34(3)38(52-39)24-6-2/h7-8,10,14,19,25,36-37,43H,5-6,9,11-13,15-18,20-24,26-33,42H2,1-4H3,(H,46,47)/b8-7+,14-10+,25-19+/t36?,37-/m1/s1. The van der Waals surface area contributed by atoms with Crippen molar-refractivity contribution in [2.75, 3.05) is 26.4 Å². The predicted octanol–water partition coefficient (Wildman–Crippen LogP) is 9.23. The van der Waals surface area contributed by atoms with E-state index in [9.17, 15) is 24.2 Å². The lowest BCUT2D eigenvalue weighted by Gasteiger charge is -2.19. The molecule has 12 heteroatoms. The summed E-state index contributed by atoms with van der Waals surface area (Å²) < 4.78 is 38.8. The van der Waals surface area contributed by atoms with Gasteiger partial charge in [0.25, 0.3) is 0 Å². The zero-order valence-corrected chi connectivity index (χ0v) is 34.0. The molecule has 0 aliphatic carbocycles. The average Bonchev–Trinajstić information content (AvgIpc) is 3.39. The lowest BCUT2D eigenvalue weighted by atomic mass is 10.0. The molecular weight excluding hydrogens is 697 g/mol. The van der Waals surface area contributed by atoms with Gasteiger partial charge in [0.1, 0.15) is 18.1 Å². The van der Waals surface area contributed by atoms with Crippen LogP contribution in [0.2, 0.25) is 0 Å². The maximum Gasteiger partial charge on any atom is 0.472 e. The third-order valence-corrected chi connectivity index (χ3v) is 9.80. The van der Waals surface area contributed by atoms with Crippen LogP contribution in [-0.4, -0.2) is 60.5 Å². The summed E-state index contributed by atoms with van der Waals surface area (Å²) in [4.78, 5) is 34.9. The van der Waals surface area contributed by atoms with Crippen LogP contribution in [0, 0.1) is 13.8 Å². The van der Waals surface area contributed by atoms with Crippen molar-refractivity contribution in [2.24, 2.45) is 5.73 Å². The summed E-state index contributed by atoms with van der Waals surface area (Å²) >= 11 is 0. The van der Waals surface area contributed by atoms with Crippen LogP contribution in [0.5, 0.6) is 0 Å². The normalized spacial score (nSPS) is 14.3. The van der Waals surface area contributed by atoms with Crippen molar-refractivity contribution in [2.45, 2.75) is 162 Å². The fourth-order valence-electron chi connectivity index (χ4n) is 5.63. The molecule has 0 fully saturated rings. The van der Waals surface area contributed by atoms with Gasteiger partial charge in [-0.3, -0.25) is 18.6 Å². The number of phosphoric ester groups is 1. The van der Waals surface area contributed by atoms with Crippen LogP contribution in [0.1, 0.15) is 146 Å². The number of phosphoric acid groups is 1. The van der Waals surface area contributed by atoms with Gasteiger partial charge in [-0.25, -0.2) is 4.57 Å². The minimum Gasteiger partial charge on any atom is -0.466 e. The van der Waals surface area contributed by atoms with Crippen molar-refractivity contribution in [3.63, 3.8) is 0 Å². The van der Waals surface area contributed by atoms with Gasteiger partial charge in [0.2, 0.25) is 0 Å². The second-order valence-corrected chi connectivity index (χ2v) is 15.0. The zero-order valence-electron chi connectivity index (χ0n) is 33.1. The minimum atomic E-state index is -4.41. The minimum absolute atomic E-state index is 0.0297. The van der Waals surface area contributed by atoms with E-state index >= 15 is 0 Å². The van der Waals surface area contributed by atoms with Gasteiger partial charge in [0.05, 0.1) is 19.3 Å². The molecule has 0 saturated heterocycles. The number of ether oxygens (including phenoxy) is 2. The molecule has 3 atom stereocenters. The molecule has 11 nitrogen and oxygen atoms in total. The second-order valence-electron chi connectivity index (χ2n) is 13.6. The van der Waals surface area contributed by atoms with Gasteiger partial charge >= 0.3 is 19.8 Å². The summed E-state index contributed by atoms with van der Waals surface area (Å²) in [7, 11) is -4.41. The van der Waals surface area contributed by atoms with E-state index in [1.165, 1.54) is 11.1 Å². The number of furan rings is 1. The molecule has 0 aliphatic heterocycles. The third-order valence-electron chi connectivity index (χ3n) is 8.82. The van der Waals surface area contributed by atoms with Crippen LogP contribution in [0.25, 0.3) is 0 Å². The Labute approximate surface area is 319 Å². The average molecular weight is 768 g/mol. The molecule has 1 aromatic rings. The molecular formula is C41H70NO10P. The number of hydrogen-bond donors (Lipinski definition) is 3. The van der Waals surface area contributed by atoms with Gasteiger partial charge in [-0.15, -0.1) is 0 Å². The number of unbranched alkanes of at least 4 members (excludes halogenated alkanes) is 9. The van der Waals surface area contributed by atoms with Gasteiger partial charge < -0.3 is 29.6 Å². The number of carbonyl (C=O) groups excluding carboxylic acids is 2. The van der Waals surface area contributed by atoms with E-state index in [4.69, 9.17) is 28.7 Å². The monoisotopic (exact) mass is 767 g/mol. The summed E-state index contributed by atoms with van der Waals surface area (Å²) in [5, 5.41) is 10.1. The van der Waals surface area contributed by atoms with Gasteiger partial charge in [-0.1, -0.05) is 102 Å². The first-order chi connectivity index (χ1) is 25.5. The van der Waals surface area contributed by atoms with Crippen LogP contribution < -0.4 is 5.73 Å². The summed E-state index contributed by atoms with van der Waals surface area (Å²) in [5.74, 6) is 1.27. The van der Waals surface area contributed by atoms with E-state index in [0.29, 0.717) is 19.3 Å². The first-order valence-corrected chi connectivity index (χ1v) is 21.4. The number of nitrogens with two attached hydrogens (primary N) is 1. The Bertz CT molecular complexity index is 1260. The molecule has 0 saturated carbocycles. The molecule has 53 heavy (non-hydrogen) atoms. The number of esters is 2. The van der Waals surface area contributed by atoms with Crippen LogP contribution in [-0.2, 0) is 45.5 Å². The Morgan fingerprint density at radius 1 is 0.792 bits per heavy atom. The molecule has 304 valence electrons. The molecule has 0 spiro atoms. The fraction of sp³-hybridized carbons (Fsp3) is 0.707. The molecule has 2 unspecified atom stereocenters. The lowest BCUT2D eigenvalue weighted by molar-refractivity contribution is -0.161. The first-order valence-electron chi connectivity index (χ1n) is 19.9. The van der Waals surface area contributed by atoms with Gasteiger partial charge in [-0.2, -0.15) is 0 Å². The quantitative estimate of drug-likeness (QED) is 0.0205. The number of aliphatic hydroxyl groups excluding tert-OH is 1. The second kappa shape index (κ2) is 30.8. The van der Waals surface area contributed by atoms with E-state index in [2.05, 4.69) is 39.8 Å². The van der Waals surface area contributed by atoms with Gasteiger partial charge in [-0.05, 0) is 69.9 Å². The molecule has 1 aromatic heterocycles. The maximum absolute atomic E-state index is 12.6. The smallest absolute Gasteiger partial charge is 0.466 e. The Morgan fingerprint density at radius 2 is 1.42 bits per heavy atom. The summed E-state index contributed by atoms with van der Waals surface area (Å²) in [6.45, 7) is 7.61. The number of aliphatic hydroxyl groups is 1. The zero-order chi connectivity index (χ0) is 39.2. The summed E-state index contributed by atoms with van der Waals surface area (Å²) in [6, 6.07) is 0. The van der Waals surface area contributed by atoms with E-state index < -0.39 is 38.6 Å². The third kappa shape index (κ3) is 25.2. The Hall–Kier alpha value is -2.53. The maximum atomic E-state index is 12.6. The Morgan fingerprint density at radius 3 is 2.08 bits per heavy atom. The fourth-order valence-corrected chi connectivity index (χ4v) is 6.39. The lowest BCUT2D eigenvalue weighted by Crippen LogP contribution is -2.29. The van der Waals surface area contributed by atoms with Crippen LogP contribution in [0.15, 0.2) is 40.9 Å². The van der Waals surface area contributed by atoms with E-state index in [0.717, 1.165) is 101 Å². The van der Waals surface area contributed by atoms with Crippen molar-refractivity contribution in [1.29, 1.82) is 0 Å². The van der Waals surface area contributed by atoms with Crippen LogP contribution in [0.3, 0.4) is 0 Å². The largest absolute Gasteiger partial charge is 0.472 e. The molecule has 1 heterocycles. The van der Waals surface area contributed by atoms with Gasteiger partial charge in [0, 0.05) is 32.2 Å². The van der Waals surface area contributed by atoms with Crippen molar-refractivity contribution in [1.82, 2.24) is 0 Å². The number of aryl methyl sites for hydroxylation is 2. The summed E-state index contributed by atoms with van der Waals surface area (Å²) in [6.07, 6.45) is 26.3. The molecule has 0 bridgehead atoms. The number of rotatable bonds is 33. The Balaban J connectivity index is 2.33. The van der Waals surface area contributed by atoms with E-state index in [1.807, 2.05) is 18.2 Å². The van der Waals surface area contributed by atoms with Crippen molar-refractivity contribution in [3.05, 3.63) is 59.1 Å². The predicted molar refractivity (Wildman–Crippen MR) is 210 cm³/mol. The van der Waals surface area contributed by atoms with Crippen molar-refractivity contribution in [3.8, 4) is 0 Å². The molecule has 0 aliphatic rings. The highest BCUT2D eigenvalue weighted by Gasteiger charge is 2.26. The number of carbonyl (C=O) groups is 2. The van der Waals surface area contributed by atoms with Crippen molar-refractivity contribution < 1.29 is 47.1 Å². The van der Waals surface area contributed by atoms with Gasteiger partial charge in [0.15, 0.2) is 6.10 Å². The number of allylic oxidation sites excluding steroid dienone is 5. The molecule has 4 N–H and O–H groups in total. The molecule has 0 radical (unpaired) electrons. The first kappa shape index (κ1) is 48.5. The van der Waals surface area contributed by atoms with Crippen LogP contribution in [0.4, 0.5) is 0 Å².